The Kier molecular flexibility index (Phi) is 10.3. The molecule has 8 nitrogen and oxygen atoms in total. The number of amidine groups is 1. The van der Waals surface area contributed by atoms with Gasteiger partial charge in [0.05, 0.1) is 23.7 Å². The predicted molar refractivity (Wildman–Crippen MR) is 136 cm³/mol. The molecule has 0 aliphatic carbocycles. The normalized spacial score (nSPS) is 17.0. The number of nitrogens with zero attached hydrogens (tertiary/aromatic N) is 1. The summed E-state index contributed by atoms with van der Waals surface area (Å²) in [7, 11) is 1.42. The van der Waals surface area contributed by atoms with Crippen LogP contribution in [0.5, 0.6) is 5.75 Å². The Morgan fingerprint density at radius 1 is 1.06 bits per heavy atom. The molecule has 2 aromatic carbocycles. The number of carbonyl (C=O) groups is 2. The third kappa shape index (κ3) is 8.10. The van der Waals surface area contributed by atoms with E-state index in [9.17, 15) is 14.7 Å². The first kappa shape index (κ1) is 30.4. The fourth-order valence-corrected chi connectivity index (χ4v) is 5.08. The van der Waals surface area contributed by atoms with Crippen LogP contribution in [0.25, 0.3) is 0 Å². The Labute approximate surface area is 243 Å². The van der Waals surface area contributed by atoms with E-state index >= 15 is 0 Å². The van der Waals surface area contributed by atoms with Crippen molar-refractivity contribution in [3.05, 3.63) is 57.6 Å². The number of hydrogen-bond acceptors (Lipinski definition) is 6. The van der Waals surface area contributed by atoms with Gasteiger partial charge in [0.2, 0.25) is 0 Å². The number of benzene rings is 2. The number of hydrogen-bond donors (Lipinski definition) is 3. The molecule has 36 heavy (non-hydrogen) atoms. The van der Waals surface area contributed by atoms with Crippen molar-refractivity contribution in [1.82, 2.24) is 16.0 Å². The SMILES string of the molecule is COc1ccc(C(=O)NC2CC(C)(C)NC(C)(C)C2)cc1N=C([O-])NC(=O)c1ccc(Cl)cc1Cl.[Na+]. The number of amides is 2. The minimum Gasteiger partial charge on any atom is -0.846 e. The molecule has 1 heterocycles. The van der Waals surface area contributed by atoms with Gasteiger partial charge in [-0.1, -0.05) is 23.2 Å². The summed E-state index contributed by atoms with van der Waals surface area (Å²) in [6.07, 6.45) is 1.54. The average molecular weight is 543 g/mol. The smallest absolute Gasteiger partial charge is 0.846 e. The van der Waals surface area contributed by atoms with Gasteiger partial charge in [-0.05, 0) is 76.9 Å². The zero-order chi connectivity index (χ0) is 26.0. The number of carbonyl (C=O) groups excluding carboxylic acids is 2. The molecule has 1 fully saturated rings. The summed E-state index contributed by atoms with van der Waals surface area (Å²) >= 11 is 11.9. The number of ether oxygens (including phenoxy) is 1. The summed E-state index contributed by atoms with van der Waals surface area (Å²) in [5.41, 5.74) is 0.250. The second-order valence-corrected chi connectivity index (χ2v) is 10.7. The number of aliphatic imine (C=N–C) groups is 1. The van der Waals surface area contributed by atoms with Gasteiger partial charge >= 0.3 is 29.6 Å². The fourth-order valence-electron chi connectivity index (χ4n) is 4.59. The minimum atomic E-state index is -0.932. The van der Waals surface area contributed by atoms with E-state index in [4.69, 9.17) is 27.9 Å². The summed E-state index contributed by atoms with van der Waals surface area (Å²) in [4.78, 5) is 29.3. The van der Waals surface area contributed by atoms with Crippen LogP contribution in [-0.2, 0) is 0 Å². The second kappa shape index (κ2) is 12.2. The number of rotatable bonds is 5. The molecule has 0 saturated carbocycles. The molecule has 1 saturated heterocycles. The quantitative estimate of drug-likeness (QED) is 0.294. The van der Waals surface area contributed by atoms with Gasteiger partial charge in [-0.25, -0.2) is 4.99 Å². The van der Waals surface area contributed by atoms with Gasteiger partial charge in [0.1, 0.15) is 11.4 Å². The molecule has 0 bridgehead atoms. The van der Waals surface area contributed by atoms with E-state index in [0.717, 1.165) is 12.8 Å². The van der Waals surface area contributed by atoms with E-state index in [2.05, 4.69) is 48.6 Å². The summed E-state index contributed by atoms with van der Waals surface area (Å²) in [5, 5.41) is 21.7. The van der Waals surface area contributed by atoms with Crippen molar-refractivity contribution in [2.24, 2.45) is 4.99 Å². The largest absolute Gasteiger partial charge is 1.00 e. The van der Waals surface area contributed by atoms with Crippen molar-refractivity contribution >= 4 is 46.7 Å². The molecular formula is C25H29Cl2N4NaO4. The van der Waals surface area contributed by atoms with Crippen LogP contribution in [0.4, 0.5) is 5.69 Å². The van der Waals surface area contributed by atoms with Gasteiger partial charge in [0, 0.05) is 27.7 Å². The molecule has 3 rings (SSSR count). The first-order valence-corrected chi connectivity index (χ1v) is 11.8. The molecule has 1 aliphatic rings. The van der Waals surface area contributed by atoms with Crippen molar-refractivity contribution in [1.29, 1.82) is 0 Å². The first-order valence-electron chi connectivity index (χ1n) is 11.1. The third-order valence-electron chi connectivity index (χ3n) is 5.58. The fraction of sp³-hybridized carbons (Fsp3) is 0.400. The van der Waals surface area contributed by atoms with Gasteiger partial charge in [-0.15, -0.1) is 0 Å². The number of piperidine rings is 1. The Balaban J connectivity index is 0.00000456. The average Bonchev–Trinajstić information content (AvgIpc) is 2.71. The van der Waals surface area contributed by atoms with Crippen molar-refractivity contribution in [2.75, 3.05) is 7.11 Å². The summed E-state index contributed by atoms with van der Waals surface area (Å²) in [6.45, 7) is 8.42. The van der Waals surface area contributed by atoms with Crippen LogP contribution >= 0.6 is 23.2 Å². The molecule has 0 spiro atoms. The van der Waals surface area contributed by atoms with Gasteiger partial charge in [0.25, 0.3) is 11.8 Å². The molecule has 3 N–H and O–H groups in total. The van der Waals surface area contributed by atoms with Gasteiger partial charge in [0.15, 0.2) is 0 Å². The van der Waals surface area contributed by atoms with Crippen molar-refractivity contribution in [2.45, 2.75) is 57.7 Å². The van der Waals surface area contributed by atoms with E-state index in [1.54, 1.807) is 12.1 Å². The van der Waals surface area contributed by atoms with E-state index in [0.29, 0.717) is 10.6 Å². The molecule has 0 radical (unpaired) electrons. The molecule has 0 unspecified atom stereocenters. The Hall–Kier alpha value is -1.81. The predicted octanol–water partition coefficient (Wildman–Crippen LogP) is 0.823. The molecule has 11 heteroatoms. The molecular weight excluding hydrogens is 514 g/mol. The molecule has 1 aliphatic heterocycles. The maximum Gasteiger partial charge on any atom is 1.00 e. The topological polar surface area (TPSA) is 115 Å². The Morgan fingerprint density at radius 3 is 2.28 bits per heavy atom. The Bertz CT molecular complexity index is 1150. The van der Waals surface area contributed by atoms with Crippen LogP contribution in [0, 0.1) is 0 Å². The van der Waals surface area contributed by atoms with Crippen LogP contribution in [0.1, 0.15) is 61.3 Å². The summed E-state index contributed by atoms with van der Waals surface area (Å²) in [5.74, 6) is -0.741. The molecule has 0 aromatic heterocycles. The van der Waals surface area contributed by atoms with Crippen molar-refractivity contribution in [3.63, 3.8) is 0 Å². The van der Waals surface area contributed by atoms with Gasteiger partial charge in [-0.2, -0.15) is 0 Å². The second-order valence-electron chi connectivity index (χ2n) is 9.85. The van der Waals surface area contributed by atoms with E-state index < -0.39 is 11.9 Å². The Morgan fingerprint density at radius 2 is 1.69 bits per heavy atom. The van der Waals surface area contributed by atoms with Crippen molar-refractivity contribution < 1.29 is 49.0 Å². The van der Waals surface area contributed by atoms with E-state index in [1.807, 2.05) is 0 Å². The molecule has 0 atom stereocenters. The zero-order valence-electron chi connectivity index (χ0n) is 21.3. The maximum atomic E-state index is 13.0. The first-order chi connectivity index (χ1) is 16.3. The standard InChI is InChI=1S/C25H30Cl2N4O4.Na/c1-24(2)12-16(13-25(3,4)31-24)28-21(32)14-6-9-20(35-5)19(10-14)29-23(34)30-22(33)17-8-7-15(26)11-18(17)27;/h6-11,16,31H,12-13H2,1-5H3,(H,28,32)(H2,29,30,33,34);/q;+1/p-1. The number of halogens is 2. The van der Waals surface area contributed by atoms with Crippen LogP contribution in [-0.4, -0.2) is 42.1 Å². The van der Waals surface area contributed by atoms with Gasteiger partial charge in [-0.3, -0.25) is 9.59 Å². The maximum absolute atomic E-state index is 13.0. The van der Waals surface area contributed by atoms with Crippen LogP contribution in [0.15, 0.2) is 41.4 Å². The van der Waals surface area contributed by atoms with Crippen LogP contribution < -0.4 is 55.4 Å². The number of methoxy groups -OCH3 is 1. The molecule has 2 aromatic rings. The van der Waals surface area contributed by atoms with Gasteiger partial charge < -0.3 is 25.8 Å². The van der Waals surface area contributed by atoms with Crippen LogP contribution in [0.2, 0.25) is 10.0 Å². The number of nitrogens with one attached hydrogen (secondary N) is 3. The summed E-state index contributed by atoms with van der Waals surface area (Å²) in [6, 6.07) is 7.93. The van der Waals surface area contributed by atoms with Crippen LogP contribution in [0.3, 0.4) is 0 Å². The zero-order valence-corrected chi connectivity index (χ0v) is 24.8. The van der Waals surface area contributed by atoms with E-state index in [1.165, 1.54) is 31.4 Å². The monoisotopic (exact) mass is 542 g/mol. The third-order valence-corrected chi connectivity index (χ3v) is 6.13. The van der Waals surface area contributed by atoms with E-state index in [-0.39, 0.29) is 74.6 Å². The molecule has 188 valence electrons. The molecule has 2 amide bonds. The minimum absolute atomic E-state index is 0. The summed E-state index contributed by atoms with van der Waals surface area (Å²) < 4.78 is 5.27. The van der Waals surface area contributed by atoms with Crippen molar-refractivity contribution in [3.8, 4) is 5.75 Å².